The molecular formula is C29H34N2O5. The Morgan fingerprint density at radius 3 is 2.44 bits per heavy atom. The van der Waals surface area contributed by atoms with Crippen LogP contribution < -0.4 is 4.74 Å². The van der Waals surface area contributed by atoms with Gasteiger partial charge < -0.3 is 24.1 Å². The van der Waals surface area contributed by atoms with Gasteiger partial charge in [-0.3, -0.25) is 9.59 Å². The van der Waals surface area contributed by atoms with Gasteiger partial charge in [-0.15, -0.1) is 0 Å². The van der Waals surface area contributed by atoms with Crippen LogP contribution in [-0.4, -0.2) is 59.9 Å². The van der Waals surface area contributed by atoms with Crippen LogP contribution in [0.1, 0.15) is 61.3 Å². The molecule has 7 nitrogen and oxygen atoms in total. The van der Waals surface area contributed by atoms with Crippen molar-refractivity contribution in [3.63, 3.8) is 0 Å². The number of amides is 1. The summed E-state index contributed by atoms with van der Waals surface area (Å²) in [6.07, 6.45) is 0. The smallest absolute Gasteiger partial charge is 0.290 e. The van der Waals surface area contributed by atoms with Crippen LogP contribution >= 0.6 is 0 Å². The number of fused-ring (bicyclic) bond motifs is 1. The summed E-state index contributed by atoms with van der Waals surface area (Å²) < 4.78 is 11.3. The van der Waals surface area contributed by atoms with Crippen molar-refractivity contribution in [2.24, 2.45) is 0 Å². The number of aliphatic hydroxyl groups excluding tert-OH is 1. The summed E-state index contributed by atoms with van der Waals surface area (Å²) in [5, 5.41) is 11.7. The van der Waals surface area contributed by atoms with Gasteiger partial charge in [0.25, 0.3) is 5.91 Å². The number of furan rings is 1. The van der Waals surface area contributed by atoms with E-state index in [1.54, 1.807) is 17.0 Å². The monoisotopic (exact) mass is 490 g/mol. The Kier molecular flexibility index (Phi) is 7.50. The van der Waals surface area contributed by atoms with E-state index < -0.39 is 23.5 Å². The summed E-state index contributed by atoms with van der Waals surface area (Å²) in [7, 11) is 1.54. The average molecular weight is 491 g/mol. The molecule has 0 radical (unpaired) electrons. The van der Waals surface area contributed by atoms with E-state index in [-0.39, 0.29) is 11.3 Å². The molecule has 0 fully saturated rings. The lowest BCUT2D eigenvalue weighted by molar-refractivity contribution is -0.129. The van der Waals surface area contributed by atoms with E-state index in [9.17, 15) is 14.7 Å². The van der Waals surface area contributed by atoms with Crippen molar-refractivity contribution in [3.05, 3.63) is 76.8 Å². The highest BCUT2D eigenvalue weighted by Gasteiger charge is 2.44. The second-order valence-corrected chi connectivity index (χ2v) is 9.33. The number of carbonyl (C=O) groups is 2. The van der Waals surface area contributed by atoms with E-state index in [2.05, 4.69) is 32.6 Å². The molecule has 0 bridgehead atoms. The van der Waals surface area contributed by atoms with Gasteiger partial charge in [-0.1, -0.05) is 64.1 Å². The number of rotatable bonds is 10. The van der Waals surface area contributed by atoms with E-state index >= 15 is 0 Å². The quantitative estimate of drug-likeness (QED) is 0.379. The van der Waals surface area contributed by atoms with Crippen molar-refractivity contribution in [2.45, 2.75) is 39.7 Å². The molecule has 1 atom stereocenters. The van der Waals surface area contributed by atoms with Crippen molar-refractivity contribution >= 4 is 22.7 Å². The summed E-state index contributed by atoms with van der Waals surface area (Å²) in [5.41, 5.74) is 2.41. The first-order valence-corrected chi connectivity index (χ1v) is 12.5. The normalized spacial score (nSPS) is 16.1. The number of ether oxygens (including phenoxy) is 1. The maximum atomic E-state index is 13.8. The Balaban J connectivity index is 1.77. The molecule has 7 heteroatoms. The predicted octanol–water partition coefficient (Wildman–Crippen LogP) is 5.48. The van der Waals surface area contributed by atoms with Gasteiger partial charge in [0.15, 0.2) is 22.9 Å². The van der Waals surface area contributed by atoms with Crippen LogP contribution in [0.15, 0.2) is 64.3 Å². The number of Topliss-reactive ketones (excluding diaryl/α,β-unsaturated/α-hetero) is 1. The molecule has 1 amide bonds. The molecule has 0 saturated carbocycles. The molecule has 0 aliphatic carbocycles. The van der Waals surface area contributed by atoms with Crippen molar-refractivity contribution in [3.8, 4) is 5.75 Å². The highest BCUT2D eigenvalue weighted by molar-refractivity contribution is 6.16. The van der Waals surface area contributed by atoms with E-state index in [1.165, 1.54) is 7.11 Å². The van der Waals surface area contributed by atoms with Crippen molar-refractivity contribution < 1.29 is 23.8 Å². The molecule has 190 valence electrons. The van der Waals surface area contributed by atoms with Crippen molar-refractivity contribution in [1.29, 1.82) is 0 Å². The van der Waals surface area contributed by atoms with E-state index in [0.29, 0.717) is 35.7 Å². The second kappa shape index (κ2) is 10.6. The molecule has 4 rings (SSSR count). The van der Waals surface area contributed by atoms with Crippen molar-refractivity contribution in [2.75, 3.05) is 33.3 Å². The molecule has 1 unspecified atom stereocenters. The lowest BCUT2D eigenvalue weighted by atomic mass is 9.93. The summed E-state index contributed by atoms with van der Waals surface area (Å²) in [6, 6.07) is 14.2. The fourth-order valence-corrected chi connectivity index (χ4v) is 4.76. The third-order valence-electron chi connectivity index (χ3n) is 6.97. The molecule has 0 saturated heterocycles. The molecule has 36 heavy (non-hydrogen) atoms. The van der Waals surface area contributed by atoms with Gasteiger partial charge in [0.1, 0.15) is 0 Å². The molecule has 2 heterocycles. The molecular weight excluding hydrogens is 456 g/mol. The third kappa shape index (κ3) is 4.63. The topological polar surface area (TPSA) is 83.2 Å². The second-order valence-electron chi connectivity index (χ2n) is 9.33. The Hall–Kier alpha value is -3.58. The first kappa shape index (κ1) is 25.5. The van der Waals surface area contributed by atoms with E-state index in [1.807, 2.05) is 36.4 Å². The highest BCUT2D eigenvalue weighted by atomic mass is 16.5. The number of carbonyl (C=O) groups excluding carboxylic acids is 2. The Morgan fingerprint density at radius 2 is 1.83 bits per heavy atom. The minimum Gasteiger partial charge on any atom is -0.503 e. The summed E-state index contributed by atoms with van der Waals surface area (Å²) in [6.45, 7) is 11.1. The molecule has 2 aromatic carbocycles. The number of likely N-dealkylation sites (N-methyl/N-ethyl adjacent to an activating group) is 1. The number of benzene rings is 2. The number of ketones is 1. The lowest BCUT2D eigenvalue weighted by Gasteiger charge is -2.29. The van der Waals surface area contributed by atoms with Crippen LogP contribution in [0.2, 0.25) is 0 Å². The van der Waals surface area contributed by atoms with Gasteiger partial charge in [-0.05, 0) is 42.3 Å². The molecule has 3 aromatic rings. The summed E-state index contributed by atoms with van der Waals surface area (Å²) >= 11 is 0. The van der Waals surface area contributed by atoms with Gasteiger partial charge in [0, 0.05) is 18.5 Å². The largest absolute Gasteiger partial charge is 0.503 e. The van der Waals surface area contributed by atoms with E-state index in [0.717, 1.165) is 24.2 Å². The Morgan fingerprint density at radius 1 is 1.14 bits per heavy atom. The summed E-state index contributed by atoms with van der Waals surface area (Å²) in [5.74, 6) is -0.671. The number of nitrogens with zero attached hydrogens (tertiary/aromatic N) is 2. The summed E-state index contributed by atoms with van der Waals surface area (Å²) in [4.78, 5) is 30.8. The fourth-order valence-electron chi connectivity index (χ4n) is 4.76. The van der Waals surface area contributed by atoms with Gasteiger partial charge in [0.05, 0.1) is 18.7 Å². The molecule has 0 spiro atoms. The number of hydrogen-bond acceptors (Lipinski definition) is 6. The van der Waals surface area contributed by atoms with Crippen LogP contribution in [-0.2, 0) is 4.79 Å². The zero-order valence-electron chi connectivity index (χ0n) is 21.6. The first-order valence-electron chi connectivity index (χ1n) is 12.5. The van der Waals surface area contributed by atoms with Gasteiger partial charge in [-0.25, -0.2) is 0 Å². The number of para-hydroxylation sites is 1. The molecule has 1 aromatic heterocycles. The first-order chi connectivity index (χ1) is 17.3. The number of methoxy groups -OCH3 is 1. The third-order valence-corrected chi connectivity index (χ3v) is 6.97. The standard InChI is InChI=1S/C29H34N2O5/c1-6-30(7-2)15-16-31-25(20-13-11-19(12-14-20)18(3)4)24(27(33)29(31)34)26(32)23-17-21-9-8-10-22(35-5)28(21)36-23/h8-14,17-18,25,33H,6-7,15-16H2,1-5H3. The van der Waals surface area contributed by atoms with Gasteiger partial charge in [0.2, 0.25) is 5.78 Å². The lowest BCUT2D eigenvalue weighted by Crippen LogP contribution is -2.38. The van der Waals surface area contributed by atoms with E-state index in [4.69, 9.17) is 9.15 Å². The maximum Gasteiger partial charge on any atom is 0.290 e. The Labute approximate surface area is 211 Å². The van der Waals surface area contributed by atoms with Crippen molar-refractivity contribution in [1.82, 2.24) is 9.80 Å². The Bertz CT molecular complexity index is 1280. The van der Waals surface area contributed by atoms with Crippen LogP contribution in [0.4, 0.5) is 0 Å². The average Bonchev–Trinajstić information content (AvgIpc) is 3.43. The zero-order valence-corrected chi connectivity index (χ0v) is 21.6. The minimum absolute atomic E-state index is 0.0369. The fraction of sp³-hybridized carbons (Fsp3) is 0.379. The maximum absolute atomic E-state index is 13.8. The molecule has 1 aliphatic heterocycles. The number of hydrogen-bond donors (Lipinski definition) is 1. The predicted molar refractivity (Wildman–Crippen MR) is 140 cm³/mol. The minimum atomic E-state index is -0.711. The molecule has 1 aliphatic rings. The number of aliphatic hydroxyl groups is 1. The van der Waals surface area contributed by atoms with Gasteiger partial charge in [-0.2, -0.15) is 0 Å². The SMILES string of the molecule is CCN(CC)CCN1C(=O)C(O)=C(C(=O)c2cc3cccc(OC)c3o2)C1c1ccc(C(C)C)cc1. The van der Waals surface area contributed by atoms with Gasteiger partial charge >= 0.3 is 0 Å². The van der Waals surface area contributed by atoms with Crippen LogP contribution in [0, 0.1) is 0 Å². The van der Waals surface area contributed by atoms with Crippen LogP contribution in [0.3, 0.4) is 0 Å². The van der Waals surface area contributed by atoms with Crippen LogP contribution in [0.5, 0.6) is 5.75 Å². The zero-order chi connectivity index (χ0) is 26.0. The van der Waals surface area contributed by atoms with Crippen LogP contribution in [0.25, 0.3) is 11.0 Å². The highest BCUT2D eigenvalue weighted by Crippen LogP contribution is 2.40. The molecule has 1 N–H and O–H groups in total.